The number of aromatic nitrogens is 3. The molecule has 3 rings (SSSR count). The fraction of sp³-hybridized carbons (Fsp3) is 0.235. The Morgan fingerprint density at radius 2 is 1.82 bits per heavy atom. The summed E-state index contributed by atoms with van der Waals surface area (Å²) in [4.78, 5) is 16.0. The van der Waals surface area contributed by atoms with Crippen LogP contribution >= 0.6 is 0 Å². The van der Waals surface area contributed by atoms with Gasteiger partial charge >= 0.3 is 5.97 Å². The van der Waals surface area contributed by atoms with Crippen molar-refractivity contribution in [3.05, 3.63) is 54.0 Å². The van der Waals surface area contributed by atoms with E-state index in [1.54, 1.807) is 10.6 Å². The van der Waals surface area contributed by atoms with Crippen LogP contribution in [0.4, 0.5) is 0 Å². The molecule has 0 unspecified atom stereocenters. The predicted molar refractivity (Wildman–Crippen MR) is 84.1 cm³/mol. The molecule has 0 amide bonds. The normalized spacial score (nSPS) is 11.8. The Morgan fingerprint density at radius 1 is 1.14 bits per heavy atom. The van der Waals surface area contributed by atoms with Gasteiger partial charge in [-0.05, 0) is 11.6 Å². The quantitative estimate of drug-likeness (QED) is 0.787. The second kappa shape index (κ2) is 4.94. The third kappa shape index (κ3) is 2.45. The van der Waals surface area contributed by atoms with Gasteiger partial charge < -0.3 is 5.11 Å². The molecule has 0 saturated heterocycles. The molecule has 0 fully saturated rings. The van der Waals surface area contributed by atoms with Crippen molar-refractivity contribution >= 4 is 11.6 Å². The fourth-order valence-electron chi connectivity index (χ4n) is 2.25. The van der Waals surface area contributed by atoms with E-state index < -0.39 is 5.97 Å². The molecule has 2 aromatic heterocycles. The SMILES string of the molecule is CC(C)(C)c1nc2c(C(=O)O)cc(-c3ccccc3)cn2n1. The number of carbonyl (C=O) groups is 1. The van der Waals surface area contributed by atoms with E-state index in [4.69, 9.17) is 0 Å². The average Bonchev–Trinajstić information content (AvgIpc) is 2.91. The maximum absolute atomic E-state index is 11.6. The Hall–Kier alpha value is -2.69. The van der Waals surface area contributed by atoms with E-state index in [9.17, 15) is 9.90 Å². The lowest BCUT2D eigenvalue weighted by Gasteiger charge is -2.11. The standard InChI is InChI=1S/C17H17N3O2/c1-17(2,3)16-18-14-13(15(21)22)9-12(10-20(14)19-16)11-7-5-4-6-8-11/h4-10H,1-3H3,(H,21,22). The second-order valence-electron chi connectivity index (χ2n) is 6.27. The van der Waals surface area contributed by atoms with Gasteiger partial charge in [-0.15, -0.1) is 0 Å². The molecular weight excluding hydrogens is 278 g/mol. The zero-order valence-corrected chi connectivity index (χ0v) is 12.7. The molecule has 0 bridgehead atoms. The number of carboxylic acids is 1. The summed E-state index contributed by atoms with van der Waals surface area (Å²) in [5.74, 6) is -0.379. The largest absolute Gasteiger partial charge is 0.478 e. The highest BCUT2D eigenvalue weighted by molar-refractivity contribution is 5.95. The summed E-state index contributed by atoms with van der Waals surface area (Å²) < 4.78 is 1.56. The van der Waals surface area contributed by atoms with E-state index in [1.165, 1.54) is 0 Å². The molecule has 1 aromatic carbocycles. The Labute approximate surface area is 128 Å². The zero-order chi connectivity index (χ0) is 15.9. The molecule has 0 aliphatic rings. The highest BCUT2D eigenvalue weighted by atomic mass is 16.4. The molecule has 0 atom stereocenters. The van der Waals surface area contributed by atoms with E-state index in [0.29, 0.717) is 11.5 Å². The summed E-state index contributed by atoms with van der Waals surface area (Å²) in [6, 6.07) is 11.3. The molecule has 22 heavy (non-hydrogen) atoms. The van der Waals surface area contributed by atoms with Crippen LogP contribution in [-0.2, 0) is 5.41 Å². The molecule has 1 N–H and O–H groups in total. The number of pyridine rings is 1. The van der Waals surface area contributed by atoms with E-state index in [-0.39, 0.29) is 11.0 Å². The second-order valence-corrected chi connectivity index (χ2v) is 6.27. The van der Waals surface area contributed by atoms with E-state index in [1.807, 2.05) is 57.3 Å². The molecule has 2 heterocycles. The molecule has 0 aliphatic heterocycles. The van der Waals surface area contributed by atoms with Gasteiger partial charge in [0.15, 0.2) is 11.5 Å². The van der Waals surface area contributed by atoms with Crippen LogP contribution in [0.3, 0.4) is 0 Å². The summed E-state index contributed by atoms with van der Waals surface area (Å²) in [6.07, 6.45) is 1.82. The number of carboxylic acid groups (broad SMARTS) is 1. The smallest absolute Gasteiger partial charge is 0.339 e. The molecular formula is C17H17N3O2. The van der Waals surface area contributed by atoms with Gasteiger partial charge in [-0.3, -0.25) is 0 Å². The van der Waals surface area contributed by atoms with E-state index >= 15 is 0 Å². The van der Waals surface area contributed by atoms with Crippen molar-refractivity contribution < 1.29 is 9.90 Å². The molecule has 0 radical (unpaired) electrons. The van der Waals surface area contributed by atoms with Crippen LogP contribution in [0.5, 0.6) is 0 Å². The maximum Gasteiger partial charge on any atom is 0.339 e. The molecule has 0 saturated carbocycles. The summed E-state index contributed by atoms with van der Waals surface area (Å²) >= 11 is 0. The summed E-state index contributed by atoms with van der Waals surface area (Å²) in [7, 11) is 0. The molecule has 0 aliphatic carbocycles. The average molecular weight is 295 g/mol. The van der Waals surface area contributed by atoms with Gasteiger partial charge in [0.1, 0.15) is 5.56 Å². The van der Waals surface area contributed by atoms with Crippen molar-refractivity contribution in [2.24, 2.45) is 0 Å². The first-order chi connectivity index (χ1) is 10.4. The lowest BCUT2D eigenvalue weighted by molar-refractivity contribution is 0.0698. The number of nitrogens with zero attached hydrogens (tertiary/aromatic N) is 3. The number of hydrogen-bond donors (Lipinski definition) is 1. The van der Waals surface area contributed by atoms with Crippen molar-refractivity contribution in [3.63, 3.8) is 0 Å². The predicted octanol–water partition coefficient (Wildman–Crippen LogP) is 3.39. The Kier molecular flexibility index (Phi) is 3.20. The lowest BCUT2D eigenvalue weighted by Crippen LogP contribution is -2.13. The van der Waals surface area contributed by atoms with Crippen LogP contribution in [0.25, 0.3) is 16.8 Å². The van der Waals surface area contributed by atoms with Gasteiger partial charge in [0.2, 0.25) is 0 Å². The van der Waals surface area contributed by atoms with Crippen molar-refractivity contribution in [2.45, 2.75) is 26.2 Å². The summed E-state index contributed by atoms with van der Waals surface area (Å²) in [5.41, 5.74) is 2.03. The third-order valence-corrected chi connectivity index (χ3v) is 3.44. The van der Waals surface area contributed by atoms with Gasteiger partial charge in [-0.2, -0.15) is 5.10 Å². The number of fused-ring (bicyclic) bond motifs is 1. The summed E-state index contributed by atoms with van der Waals surface area (Å²) in [5, 5.41) is 13.9. The Morgan fingerprint density at radius 3 is 2.41 bits per heavy atom. The molecule has 5 heteroatoms. The fourth-order valence-corrected chi connectivity index (χ4v) is 2.25. The Balaban J connectivity index is 2.28. The van der Waals surface area contributed by atoms with E-state index in [0.717, 1.165) is 11.1 Å². The van der Waals surface area contributed by atoms with Crippen molar-refractivity contribution in [1.82, 2.24) is 14.6 Å². The number of rotatable bonds is 2. The topological polar surface area (TPSA) is 67.5 Å². The van der Waals surface area contributed by atoms with Crippen LogP contribution in [0.2, 0.25) is 0 Å². The highest BCUT2D eigenvalue weighted by Crippen LogP contribution is 2.25. The minimum Gasteiger partial charge on any atom is -0.478 e. The van der Waals surface area contributed by atoms with Crippen LogP contribution < -0.4 is 0 Å². The van der Waals surface area contributed by atoms with Crippen LogP contribution in [0.1, 0.15) is 37.0 Å². The van der Waals surface area contributed by atoms with Gasteiger partial charge in [0.25, 0.3) is 0 Å². The Bertz CT molecular complexity index is 845. The van der Waals surface area contributed by atoms with Gasteiger partial charge in [0.05, 0.1) is 0 Å². The zero-order valence-electron chi connectivity index (χ0n) is 12.7. The number of aromatic carboxylic acids is 1. The van der Waals surface area contributed by atoms with Crippen molar-refractivity contribution in [2.75, 3.05) is 0 Å². The van der Waals surface area contributed by atoms with Crippen LogP contribution in [-0.4, -0.2) is 25.7 Å². The lowest BCUT2D eigenvalue weighted by atomic mass is 9.96. The van der Waals surface area contributed by atoms with E-state index in [2.05, 4.69) is 10.1 Å². The highest BCUT2D eigenvalue weighted by Gasteiger charge is 2.22. The van der Waals surface area contributed by atoms with Crippen LogP contribution in [0, 0.1) is 0 Å². The molecule has 0 spiro atoms. The minimum absolute atomic E-state index is 0.157. The van der Waals surface area contributed by atoms with Crippen molar-refractivity contribution in [3.8, 4) is 11.1 Å². The number of benzene rings is 1. The first-order valence-electron chi connectivity index (χ1n) is 7.06. The third-order valence-electron chi connectivity index (χ3n) is 3.44. The van der Waals surface area contributed by atoms with Crippen LogP contribution in [0.15, 0.2) is 42.6 Å². The molecule has 112 valence electrons. The molecule has 5 nitrogen and oxygen atoms in total. The molecule has 3 aromatic rings. The summed E-state index contributed by atoms with van der Waals surface area (Å²) in [6.45, 7) is 6.00. The first-order valence-corrected chi connectivity index (χ1v) is 7.06. The maximum atomic E-state index is 11.6. The monoisotopic (exact) mass is 295 g/mol. The van der Waals surface area contributed by atoms with Gasteiger partial charge in [0, 0.05) is 17.2 Å². The number of hydrogen-bond acceptors (Lipinski definition) is 3. The van der Waals surface area contributed by atoms with Gasteiger partial charge in [-0.25, -0.2) is 14.3 Å². The minimum atomic E-state index is -1.00. The first kappa shape index (κ1) is 14.3. The van der Waals surface area contributed by atoms with Gasteiger partial charge in [-0.1, -0.05) is 51.1 Å². The van der Waals surface area contributed by atoms with Crippen molar-refractivity contribution in [1.29, 1.82) is 0 Å².